The maximum absolute atomic E-state index is 13.5. The summed E-state index contributed by atoms with van der Waals surface area (Å²) in [5, 5.41) is 19.9. The Bertz CT molecular complexity index is 1150. The molecule has 0 saturated heterocycles. The monoisotopic (exact) mass is 401 g/mol. The Hall–Kier alpha value is -3.93. The van der Waals surface area contributed by atoms with E-state index < -0.39 is 5.82 Å². The first kappa shape index (κ1) is 19.4. The van der Waals surface area contributed by atoms with Crippen molar-refractivity contribution < 1.29 is 14.3 Å². The van der Waals surface area contributed by atoms with Crippen LogP contribution in [0.2, 0.25) is 0 Å². The Morgan fingerprint density at radius 1 is 1.00 bits per heavy atom. The van der Waals surface area contributed by atoms with Crippen molar-refractivity contribution in [2.24, 2.45) is 0 Å². The zero-order valence-electron chi connectivity index (χ0n) is 16.1. The summed E-state index contributed by atoms with van der Waals surface area (Å²) < 4.78 is 13.5. The molecule has 0 saturated carbocycles. The van der Waals surface area contributed by atoms with Gasteiger partial charge in [0.05, 0.1) is 11.4 Å². The number of nitrogens with one attached hydrogen (secondary N) is 2. The molecule has 1 heterocycles. The summed E-state index contributed by atoms with van der Waals surface area (Å²) in [6, 6.07) is 22.7. The molecule has 3 N–H and O–H groups in total. The van der Waals surface area contributed by atoms with E-state index in [1.54, 1.807) is 6.07 Å². The third-order valence-corrected chi connectivity index (χ3v) is 4.77. The number of phenols is 1. The van der Waals surface area contributed by atoms with Crippen LogP contribution in [0.15, 0.2) is 78.9 Å². The lowest BCUT2D eigenvalue weighted by Gasteiger charge is -2.06. The molecule has 0 bridgehead atoms. The molecular formula is C24H20FN3O2. The van der Waals surface area contributed by atoms with Crippen LogP contribution in [0.5, 0.6) is 5.75 Å². The standard InChI is InChI=1S/C24H20FN3O2/c25-18-9-12-23(29)20(14-18)22-15-21(27-28-22)17-7-10-19(11-8-17)26-24(30)13-6-16-4-2-1-3-5-16/h1-5,7-12,14-15,29H,6,13H2,(H,26,30)(H,27,28). The number of aromatic hydroxyl groups is 1. The predicted molar refractivity (Wildman–Crippen MR) is 114 cm³/mol. The third kappa shape index (κ3) is 4.55. The highest BCUT2D eigenvalue weighted by molar-refractivity contribution is 5.91. The molecule has 5 nitrogen and oxygen atoms in total. The van der Waals surface area contributed by atoms with Gasteiger partial charge in [0.1, 0.15) is 11.6 Å². The van der Waals surface area contributed by atoms with Crippen molar-refractivity contribution in [2.75, 3.05) is 5.32 Å². The molecule has 0 atom stereocenters. The van der Waals surface area contributed by atoms with Gasteiger partial charge in [0, 0.05) is 23.2 Å². The van der Waals surface area contributed by atoms with Gasteiger partial charge in [0.15, 0.2) is 0 Å². The van der Waals surface area contributed by atoms with Gasteiger partial charge < -0.3 is 10.4 Å². The maximum atomic E-state index is 13.5. The number of carbonyl (C=O) groups excluding carboxylic acids is 1. The zero-order valence-corrected chi connectivity index (χ0v) is 16.1. The lowest BCUT2D eigenvalue weighted by molar-refractivity contribution is -0.116. The van der Waals surface area contributed by atoms with Crippen LogP contribution in [0.4, 0.5) is 10.1 Å². The van der Waals surface area contributed by atoms with E-state index in [9.17, 15) is 14.3 Å². The van der Waals surface area contributed by atoms with Crippen molar-refractivity contribution in [1.29, 1.82) is 0 Å². The molecule has 0 spiro atoms. The highest BCUT2D eigenvalue weighted by Crippen LogP contribution is 2.31. The van der Waals surface area contributed by atoms with Gasteiger partial charge in [-0.25, -0.2) is 4.39 Å². The van der Waals surface area contributed by atoms with Crippen molar-refractivity contribution in [3.05, 3.63) is 90.2 Å². The summed E-state index contributed by atoms with van der Waals surface area (Å²) in [7, 11) is 0. The molecule has 0 aliphatic heterocycles. The summed E-state index contributed by atoms with van der Waals surface area (Å²) in [4.78, 5) is 12.2. The van der Waals surface area contributed by atoms with Gasteiger partial charge in [0.25, 0.3) is 0 Å². The second-order valence-electron chi connectivity index (χ2n) is 6.94. The van der Waals surface area contributed by atoms with Crippen molar-refractivity contribution in [1.82, 2.24) is 10.2 Å². The smallest absolute Gasteiger partial charge is 0.224 e. The Kier molecular flexibility index (Phi) is 5.57. The van der Waals surface area contributed by atoms with Crippen molar-refractivity contribution >= 4 is 11.6 Å². The van der Waals surface area contributed by atoms with E-state index in [1.807, 2.05) is 54.6 Å². The number of aromatic amines is 1. The first-order valence-corrected chi connectivity index (χ1v) is 9.57. The number of nitrogens with zero attached hydrogens (tertiary/aromatic N) is 1. The van der Waals surface area contributed by atoms with Crippen LogP contribution in [-0.4, -0.2) is 21.2 Å². The number of amides is 1. The highest BCUT2D eigenvalue weighted by atomic mass is 19.1. The number of aromatic nitrogens is 2. The quantitative estimate of drug-likeness (QED) is 0.418. The van der Waals surface area contributed by atoms with Gasteiger partial charge in [-0.15, -0.1) is 0 Å². The number of anilines is 1. The largest absolute Gasteiger partial charge is 0.507 e. The van der Waals surface area contributed by atoms with E-state index in [-0.39, 0.29) is 11.7 Å². The summed E-state index contributed by atoms with van der Waals surface area (Å²) in [6.07, 6.45) is 1.10. The normalized spacial score (nSPS) is 10.7. The second kappa shape index (κ2) is 8.61. The average Bonchev–Trinajstić information content (AvgIpc) is 3.25. The lowest BCUT2D eigenvalue weighted by Crippen LogP contribution is -2.12. The number of benzene rings is 3. The molecule has 1 amide bonds. The molecule has 1 aromatic heterocycles. The third-order valence-electron chi connectivity index (χ3n) is 4.77. The van der Waals surface area contributed by atoms with E-state index in [1.165, 1.54) is 18.2 Å². The molecule has 0 fully saturated rings. The van der Waals surface area contributed by atoms with Crippen LogP contribution in [0, 0.1) is 5.82 Å². The van der Waals surface area contributed by atoms with Gasteiger partial charge in [0.2, 0.25) is 5.91 Å². The van der Waals surface area contributed by atoms with E-state index in [2.05, 4.69) is 15.5 Å². The topological polar surface area (TPSA) is 78.0 Å². The van der Waals surface area contributed by atoms with Crippen LogP contribution in [0.1, 0.15) is 12.0 Å². The molecule has 0 aliphatic rings. The zero-order chi connectivity index (χ0) is 20.9. The molecular weight excluding hydrogens is 381 g/mol. The number of carbonyl (C=O) groups is 1. The number of H-pyrrole nitrogens is 1. The van der Waals surface area contributed by atoms with Gasteiger partial charge in [-0.3, -0.25) is 9.89 Å². The summed E-state index contributed by atoms with van der Waals surface area (Å²) in [6.45, 7) is 0. The molecule has 0 aliphatic carbocycles. The van der Waals surface area contributed by atoms with Crippen LogP contribution >= 0.6 is 0 Å². The Morgan fingerprint density at radius 2 is 1.77 bits per heavy atom. The van der Waals surface area contributed by atoms with Gasteiger partial charge in [-0.2, -0.15) is 5.10 Å². The van der Waals surface area contributed by atoms with Crippen LogP contribution in [0.3, 0.4) is 0 Å². The predicted octanol–water partition coefficient (Wildman–Crippen LogP) is 5.16. The molecule has 4 aromatic rings. The molecule has 4 rings (SSSR count). The number of aryl methyl sites for hydroxylation is 1. The number of hydrogen-bond donors (Lipinski definition) is 3. The molecule has 6 heteroatoms. The minimum atomic E-state index is -0.439. The molecule has 0 radical (unpaired) electrons. The Morgan fingerprint density at radius 3 is 2.53 bits per heavy atom. The number of halogens is 1. The molecule has 150 valence electrons. The molecule has 30 heavy (non-hydrogen) atoms. The Balaban J connectivity index is 1.41. The maximum Gasteiger partial charge on any atom is 0.224 e. The van der Waals surface area contributed by atoms with Crippen LogP contribution in [-0.2, 0) is 11.2 Å². The molecule has 0 unspecified atom stereocenters. The van der Waals surface area contributed by atoms with E-state index >= 15 is 0 Å². The minimum absolute atomic E-state index is 0.0276. The average molecular weight is 401 g/mol. The van der Waals surface area contributed by atoms with Gasteiger partial charge >= 0.3 is 0 Å². The SMILES string of the molecule is O=C(CCc1ccccc1)Nc1ccc(-c2cc(-c3cc(F)ccc3O)[nH]n2)cc1. The fourth-order valence-electron chi connectivity index (χ4n) is 3.18. The first-order chi connectivity index (χ1) is 14.6. The fraction of sp³-hybridized carbons (Fsp3) is 0.0833. The van der Waals surface area contributed by atoms with E-state index in [4.69, 9.17) is 0 Å². The van der Waals surface area contributed by atoms with Gasteiger partial charge in [-0.05, 0) is 48.4 Å². The lowest BCUT2D eigenvalue weighted by atomic mass is 10.1. The number of rotatable bonds is 6. The van der Waals surface area contributed by atoms with Crippen molar-refractivity contribution in [3.63, 3.8) is 0 Å². The Labute approximate surface area is 173 Å². The molecule has 3 aromatic carbocycles. The first-order valence-electron chi connectivity index (χ1n) is 9.57. The number of phenolic OH excluding ortho intramolecular Hbond substituents is 1. The second-order valence-corrected chi connectivity index (χ2v) is 6.94. The van der Waals surface area contributed by atoms with Crippen LogP contribution in [0.25, 0.3) is 22.5 Å². The van der Waals surface area contributed by atoms with Crippen LogP contribution < -0.4 is 5.32 Å². The summed E-state index contributed by atoms with van der Waals surface area (Å²) >= 11 is 0. The summed E-state index contributed by atoms with van der Waals surface area (Å²) in [5.41, 5.74) is 4.17. The van der Waals surface area contributed by atoms with E-state index in [0.717, 1.165) is 11.1 Å². The van der Waals surface area contributed by atoms with E-state index in [0.29, 0.717) is 35.5 Å². The minimum Gasteiger partial charge on any atom is -0.507 e. The van der Waals surface area contributed by atoms with Crippen molar-refractivity contribution in [3.8, 4) is 28.3 Å². The fourth-order valence-corrected chi connectivity index (χ4v) is 3.18. The van der Waals surface area contributed by atoms with Gasteiger partial charge in [-0.1, -0.05) is 42.5 Å². The highest BCUT2D eigenvalue weighted by Gasteiger charge is 2.11. The van der Waals surface area contributed by atoms with Crippen molar-refractivity contribution in [2.45, 2.75) is 12.8 Å². The summed E-state index contributed by atoms with van der Waals surface area (Å²) in [5.74, 6) is -0.512. The number of hydrogen-bond acceptors (Lipinski definition) is 3.